The van der Waals surface area contributed by atoms with E-state index in [9.17, 15) is 8.78 Å². The zero-order valence-corrected chi connectivity index (χ0v) is 11.5. The topological polar surface area (TPSA) is 12.0 Å². The Morgan fingerprint density at radius 2 is 1.85 bits per heavy atom. The Morgan fingerprint density at radius 3 is 2.55 bits per heavy atom. The van der Waals surface area contributed by atoms with Crippen molar-refractivity contribution in [3.05, 3.63) is 64.7 Å². The van der Waals surface area contributed by atoms with Crippen molar-refractivity contribution < 1.29 is 8.78 Å². The number of nitrogens with one attached hydrogen (secondary N) is 1. The highest BCUT2D eigenvalue weighted by Gasteiger charge is 2.30. The van der Waals surface area contributed by atoms with Crippen LogP contribution in [0.1, 0.15) is 24.3 Å². The second-order valence-corrected chi connectivity index (χ2v) is 5.60. The van der Waals surface area contributed by atoms with E-state index in [0.29, 0.717) is 12.0 Å². The van der Waals surface area contributed by atoms with Crippen LogP contribution in [0.5, 0.6) is 0 Å². The van der Waals surface area contributed by atoms with Crippen molar-refractivity contribution in [1.82, 2.24) is 0 Å². The van der Waals surface area contributed by atoms with Gasteiger partial charge in [0.2, 0.25) is 0 Å². The highest BCUT2D eigenvalue weighted by molar-refractivity contribution is 6.31. The van der Waals surface area contributed by atoms with Crippen molar-refractivity contribution in [2.45, 2.75) is 24.8 Å². The fraction of sp³-hybridized carbons (Fsp3) is 0.250. The van der Waals surface area contributed by atoms with Gasteiger partial charge in [0.1, 0.15) is 11.6 Å². The van der Waals surface area contributed by atoms with Gasteiger partial charge in [0.25, 0.3) is 0 Å². The lowest BCUT2D eigenvalue weighted by atomic mass is 9.76. The molecule has 0 saturated heterocycles. The van der Waals surface area contributed by atoms with E-state index in [2.05, 4.69) is 5.32 Å². The average Bonchev–Trinajstić information content (AvgIpc) is 2.37. The van der Waals surface area contributed by atoms with Gasteiger partial charge in [-0.1, -0.05) is 23.7 Å². The molecule has 0 amide bonds. The van der Waals surface area contributed by atoms with Gasteiger partial charge in [0.15, 0.2) is 0 Å². The van der Waals surface area contributed by atoms with Crippen LogP contribution in [0.3, 0.4) is 0 Å². The summed E-state index contributed by atoms with van der Waals surface area (Å²) in [5.74, 6) is -0.216. The van der Waals surface area contributed by atoms with Crippen LogP contribution in [0.25, 0.3) is 0 Å². The summed E-state index contributed by atoms with van der Waals surface area (Å²) in [4.78, 5) is 0. The van der Waals surface area contributed by atoms with E-state index in [1.807, 2.05) is 6.07 Å². The lowest BCUT2D eigenvalue weighted by molar-refractivity contribution is 0.373. The van der Waals surface area contributed by atoms with E-state index in [-0.39, 0.29) is 10.8 Å². The Hall–Kier alpha value is -1.61. The number of rotatable bonds is 3. The van der Waals surface area contributed by atoms with Crippen LogP contribution >= 0.6 is 11.6 Å². The molecule has 4 heteroatoms. The van der Waals surface area contributed by atoms with Crippen LogP contribution in [0.15, 0.2) is 42.5 Å². The molecule has 0 atom stereocenters. The fourth-order valence-electron chi connectivity index (χ4n) is 2.59. The summed E-state index contributed by atoms with van der Waals surface area (Å²) >= 11 is 5.74. The zero-order valence-electron chi connectivity index (χ0n) is 10.7. The molecule has 2 aromatic carbocycles. The van der Waals surface area contributed by atoms with Crippen LogP contribution in [-0.4, -0.2) is 6.04 Å². The maximum absolute atomic E-state index is 13.1. The van der Waals surface area contributed by atoms with Gasteiger partial charge < -0.3 is 5.32 Å². The quantitative estimate of drug-likeness (QED) is 0.842. The SMILES string of the molecule is Fc1cccc(C2CC(Nc3ccc(F)c(Cl)c3)C2)c1. The molecule has 1 saturated carbocycles. The summed E-state index contributed by atoms with van der Waals surface area (Å²) < 4.78 is 26.2. The predicted molar refractivity (Wildman–Crippen MR) is 77.2 cm³/mol. The molecule has 1 nitrogen and oxygen atoms in total. The van der Waals surface area contributed by atoms with E-state index >= 15 is 0 Å². The third-order valence-corrected chi connectivity index (χ3v) is 4.04. The Balaban J connectivity index is 1.59. The monoisotopic (exact) mass is 293 g/mol. The van der Waals surface area contributed by atoms with Gasteiger partial charge in [-0.25, -0.2) is 8.78 Å². The Labute approximate surface area is 121 Å². The minimum absolute atomic E-state index is 0.121. The van der Waals surface area contributed by atoms with E-state index in [0.717, 1.165) is 24.1 Å². The molecular formula is C16H14ClF2N. The summed E-state index contributed by atoms with van der Waals surface area (Å²) in [6.07, 6.45) is 1.89. The molecule has 1 fully saturated rings. The van der Waals surface area contributed by atoms with Crippen molar-refractivity contribution >= 4 is 17.3 Å². The second-order valence-electron chi connectivity index (χ2n) is 5.19. The summed E-state index contributed by atoms with van der Waals surface area (Å²) in [6, 6.07) is 11.7. The van der Waals surface area contributed by atoms with Gasteiger partial charge in [-0.2, -0.15) is 0 Å². The molecule has 0 spiro atoms. The van der Waals surface area contributed by atoms with Crippen LogP contribution in [-0.2, 0) is 0 Å². The summed E-state index contributed by atoms with van der Waals surface area (Å²) in [5.41, 5.74) is 1.86. The molecule has 104 valence electrons. The van der Waals surface area contributed by atoms with Crippen molar-refractivity contribution in [3.8, 4) is 0 Å². The number of anilines is 1. The minimum Gasteiger partial charge on any atom is -0.382 e. The molecule has 2 aromatic rings. The van der Waals surface area contributed by atoms with E-state index in [1.54, 1.807) is 24.3 Å². The molecule has 1 N–H and O–H groups in total. The Kier molecular flexibility index (Phi) is 3.62. The number of benzene rings is 2. The van der Waals surface area contributed by atoms with Crippen LogP contribution in [0.4, 0.5) is 14.5 Å². The first-order chi connectivity index (χ1) is 9.61. The van der Waals surface area contributed by atoms with Gasteiger partial charge >= 0.3 is 0 Å². The van der Waals surface area contributed by atoms with Crippen molar-refractivity contribution in [2.24, 2.45) is 0 Å². The van der Waals surface area contributed by atoms with E-state index < -0.39 is 5.82 Å². The normalized spacial score (nSPS) is 21.4. The number of hydrogen-bond acceptors (Lipinski definition) is 1. The number of halogens is 3. The molecule has 1 aliphatic carbocycles. The third-order valence-electron chi connectivity index (χ3n) is 3.75. The zero-order chi connectivity index (χ0) is 14.1. The summed E-state index contributed by atoms with van der Waals surface area (Å²) in [7, 11) is 0. The van der Waals surface area contributed by atoms with Gasteiger partial charge in [-0.05, 0) is 54.7 Å². The van der Waals surface area contributed by atoms with Crippen molar-refractivity contribution in [1.29, 1.82) is 0 Å². The lowest BCUT2D eigenvalue weighted by Gasteiger charge is -2.37. The molecule has 0 radical (unpaired) electrons. The minimum atomic E-state index is -0.413. The highest BCUT2D eigenvalue weighted by atomic mass is 35.5. The number of hydrogen-bond donors (Lipinski definition) is 1. The Morgan fingerprint density at radius 1 is 1.05 bits per heavy atom. The maximum Gasteiger partial charge on any atom is 0.141 e. The molecule has 20 heavy (non-hydrogen) atoms. The van der Waals surface area contributed by atoms with Crippen LogP contribution in [0.2, 0.25) is 5.02 Å². The van der Waals surface area contributed by atoms with Crippen LogP contribution < -0.4 is 5.32 Å². The highest BCUT2D eigenvalue weighted by Crippen LogP contribution is 2.38. The first-order valence-electron chi connectivity index (χ1n) is 6.59. The third kappa shape index (κ3) is 2.78. The summed E-state index contributed by atoms with van der Waals surface area (Å²) in [6.45, 7) is 0. The Bertz CT molecular complexity index is 624. The molecule has 1 aliphatic rings. The van der Waals surface area contributed by atoms with Crippen molar-refractivity contribution in [2.75, 3.05) is 5.32 Å². The van der Waals surface area contributed by atoms with Gasteiger partial charge in [-0.3, -0.25) is 0 Å². The van der Waals surface area contributed by atoms with E-state index in [1.165, 1.54) is 12.1 Å². The predicted octanol–water partition coefficient (Wildman–Crippen LogP) is 4.98. The molecule has 0 aromatic heterocycles. The second kappa shape index (κ2) is 5.41. The molecule has 0 heterocycles. The molecule has 3 rings (SSSR count). The van der Waals surface area contributed by atoms with Gasteiger partial charge in [0, 0.05) is 11.7 Å². The van der Waals surface area contributed by atoms with Crippen molar-refractivity contribution in [3.63, 3.8) is 0 Å². The standard InChI is InChI=1S/C16H14ClF2N/c17-15-9-13(4-5-16(15)19)20-14-7-11(8-14)10-2-1-3-12(18)6-10/h1-6,9,11,14,20H,7-8H2. The fourth-order valence-corrected chi connectivity index (χ4v) is 2.77. The smallest absolute Gasteiger partial charge is 0.141 e. The largest absolute Gasteiger partial charge is 0.382 e. The van der Waals surface area contributed by atoms with Gasteiger partial charge in [-0.15, -0.1) is 0 Å². The summed E-state index contributed by atoms with van der Waals surface area (Å²) in [5, 5.41) is 3.44. The lowest BCUT2D eigenvalue weighted by Crippen LogP contribution is -2.34. The van der Waals surface area contributed by atoms with E-state index in [4.69, 9.17) is 11.6 Å². The molecular weight excluding hydrogens is 280 g/mol. The first kappa shape index (κ1) is 13.4. The first-order valence-corrected chi connectivity index (χ1v) is 6.96. The molecule has 0 unspecified atom stereocenters. The van der Waals surface area contributed by atoms with Crippen LogP contribution in [0, 0.1) is 11.6 Å². The van der Waals surface area contributed by atoms with Gasteiger partial charge in [0.05, 0.1) is 5.02 Å². The maximum atomic E-state index is 13.1. The average molecular weight is 294 g/mol. The molecule has 0 aliphatic heterocycles. The molecule has 0 bridgehead atoms.